The smallest absolute Gasteiger partial charge is 0.136 e. The van der Waals surface area contributed by atoms with Crippen LogP contribution >= 0.6 is 11.3 Å². The number of thiophene rings is 1. The van der Waals surface area contributed by atoms with Crippen LogP contribution in [0, 0.1) is 0 Å². The maximum atomic E-state index is 6.58. The summed E-state index contributed by atoms with van der Waals surface area (Å²) in [6.45, 7) is 0. The Kier molecular flexibility index (Phi) is 7.75. The third-order valence-corrected chi connectivity index (χ3v) is 13.0. The minimum Gasteiger partial charge on any atom is -0.456 e. The van der Waals surface area contributed by atoms with E-state index in [-0.39, 0.29) is 0 Å². The van der Waals surface area contributed by atoms with Gasteiger partial charge in [-0.3, -0.25) is 0 Å². The quantitative estimate of drug-likeness (QED) is 0.167. The number of fused-ring (bicyclic) bond motifs is 8. The third-order valence-electron chi connectivity index (χ3n) is 11.8. The summed E-state index contributed by atoms with van der Waals surface area (Å²) in [5, 5.41) is 9.71. The van der Waals surface area contributed by atoms with Gasteiger partial charge in [0, 0.05) is 47.9 Å². The van der Waals surface area contributed by atoms with Crippen LogP contribution in [0.15, 0.2) is 217 Å². The molecule has 2 heterocycles. The molecule has 0 saturated carbocycles. The predicted octanol–water partition coefficient (Wildman–Crippen LogP) is 16.7. The number of benzene rings is 10. The van der Waals surface area contributed by atoms with Crippen LogP contribution in [0.5, 0.6) is 0 Å². The minimum atomic E-state index is 0.881. The molecule has 0 amide bonds. The maximum absolute atomic E-state index is 6.58. The molecule has 59 heavy (non-hydrogen) atoms. The second-order valence-corrected chi connectivity index (χ2v) is 16.3. The molecule has 0 spiro atoms. The molecular weight excluding hydrogens is 735 g/mol. The van der Waals surface area contributed by atoms with Gasteiger partial charge in [0.05, 0.1) is 5.69 Å². The van der Waals surface area contributed by atoms with E-state index < -0.39 is 0 Å². The van der Waals surface area contributed by atoms with Crippen LogP contribution in [0.25, 0.3) is 97.0 Å². The van der Waals surface area contributed by atoms with Crippen molar-refractivity contribution in [1.29, 1.82) is 0 Å². The monoisotopic (exact) mass is 769 g/mol. The first kappa shape index (κ1) is 33.7. The molecule has 0 radical (unpaired) electrons. The van der Waals surface area contributed by atoms with Gasteiger partial charge in [0.2, 0.25) is 0 Å². The first-order chi connectivity index (χ1) is 29.2. The van der Waals surface area contributed by atoms with Crippen molar-refractivity contribution >= 4 is 92.1 Å². The van der Waals surface area contributed by atoms with E-state index in [1.54, 1.807) is 0 Å². The number of hydrogen-bond acceptors (Lipinski definition) is 3. The summed E-state index contributed by atoms with van der Waals surface area (Å²) >= 11 is 1.85. The Morgan fingerprint density at radius 3 is 1.88 bits per heavy atom. The molecule has 2 aromatic heterocycles. The second kappa shape index (κ2) is 13.6. The molecular formula is C56H35NOS. The minimum absolute atomic E-state index is 0.881. The highest BCUT2D eigenvalue weighted by molar-refractivity contribution is 7.25. The van der Waals surface area contributed by atoms with Crippen molar-refractivity contribution in [3.8, 4) is 33.4 Å². The molecule has 10 aromatic carbocycles. The lowest BCUT2D eigenvalue weighted by Gasteiger charge is -2.28. The molecule has 0 bridgehead atoms. The van der Waals surface area contributed by atoms with Crippen LogP contribution in [-0.2, 0) is 0 Å². The topological polar surface area (TPSA) is 16.4 Å². The van der Waals surface area contributed by atoms with Gasteiger partial charge in [-0.15, -0.1) is 11.3 Å². The molecule has 0 unspecified atom stereocenters. The average Bonchev–Trinajstić information content (AvgIpc) is 3.86. The number of rotatable bonds is 6. The number of furan rings is 1. The fourth-order valence-electron chi connectivity index (χ4n) is 9.06. The molecule has 0 aliphatic heterocycles. The highest BCUT2D eigenvalue weighted by Gasteiger charge is 2.21. The van der Waals surface area contributed by atoms with Gasteiger partial charge in [0.25, 0.3) is 0 Å². The first-order valence-electron chi connectivity index (χ1n) is 20.1. The summed E-state index contributed by atoms with van der Waals surface area (Å²) in [4.78, 5) is 2.42. The highest BCUT2D eigenvalue weighted by Crippen LogP contribution is 2.46. The fourth-order valence-corrected chi connectivity index (χ4v) is 10.1. The number of anilines is 3. The molecule has 0 saturated heterocycles. The fraction of sp³-hybridized carbons (Fsp3) is 0. The molecule has 0 N–H and O–H groups in total. The summed E-state index contributed by atoms with van der Waals surface area (Å²) in [6, 6.07) is 77.1. The first-order valence-corrected chi connectivity index (χ1v) is 20.9. The zero-order valence-corrected chi connectivity index (χ0v) is 32.8. The molecule has 12 aromatic rings. The van der Waals surface area contributed by atoms with Crippen LogP contribution in [0.2, 0.25) is 0 Å². The normalized spacial score (nSPS) is 11.7. The molecule has 0 atom stereocenters. The maximum Gasteiger partial charge on any atom is 0.136 e. The third kappa shape index (κ3) is 5.62. The average molecular weight is 770 g/mol. The Bertz CT molecular complexity index is 3570. The van der Waals surface area contributed by atoms with Crippen molar-refractivity contribution in [2.75, 3.05) is 4.90 Å². The van der Waals surface area contributed by atoms with Crippen LogP contribution in [0.4, 0.5) is 17.1 Å². The Morgan fingerprint density at radius 2 is 0.983 bits per heavy atom. The lowest BCUT2D eigenvalue weighted by Crippen LogP contribution is -2.11. The summed E-state index contributed by atoms with van der Waals surface area (Å²) in [5.41, 5.74) is 12.1. The van der Waals surface area contributed by atoms with Crippen molar-refractivity contribution in [2.45, 2.75) is 0 Å². The lowest BCUT2D eigenvalue weighted by atomic mass is 9.95. The number of para-hydroxylation sites is 1. The van der Waals surface area contributed by atoms with E-state index in [1.807, 2.05) is 11.3 Å². The van der Waals surface area contributed by atoms with E-state index in [0.29, 0.717) is 0 Å². The van der Waals surface area contributed by atoms with Gasteiger partial charge in [-0.2, -0.15) is 0 Å². The molecule has 276 valence electrons. The van der Waals surface area contributed by atoms with Gasteiger partial charge in [0.15, 0.2) is 0 Å². The zero-order chi connectivity index (χ0) is 38.9. The van der Waals surface area contributed by atoms with Crippen molar-refractivity contribution < 1.29 is 4.42 Å². The standard InChI is InChI=1S/C56H35NOS/c1-2-14-40-35-53-50(34-39(40)13-1)56-48(22-11-24-52(56)58-53)46-19-5-7-23-51(46)57(42-29-26-37(27-30-42)45-21-10-15-36-12-3-4-18-44(36)45)43-17-9-16-38(32-43)41-28-31-55-49(33-41)47-20-6-8-25-54(47)59-55/h1-35H. The Morgan fingerprint density at radius 1 is 0.339 bits per heavy atom. The Balaban J connectivity index is 1.05. The van der Waals surface area contributed by atoms with Crippen LogP contribution in [0.3, 0.4) is 0 Å². The van der Waals surface area contributed by atoms with Crippen LogP contribution in [0.1, 0.15) is 0 Å². The second-order valence-electron chi connectivity index (χ2n) is 15.3. The van der Waals surface area contributed by atoms with E-state index >= 15 is 0 Å². The van der Waals surface area contributed by atoms with E-state index in [4.69, 9.17) is 4.42 Å². The molecule has 2 nitrogen and oxygen atoms in total. The largest absolute Gasteiger partial charge is 0.456 e. The van der Waals surface area contributed by atoms with Crippen molar-refractivity contribution in [1.82, 2.24) is 0 Å². The lowest BCUT2D eigenvalue weighted by molar-refractivity contribution is 0.669. The summed E-state index contributed by atoms with van der Waals surface area (Å²) in [6.07, 6.45) is 0. The molecule has 0 aliphatic carbocycles. The van der Waals surface area contributed by atoms with Gasteiger partial charge >= 0.3 is 0 Å². The SMILES string of the molecule is c1cc(-c2ccc3sc4ccccc4c3c2)cc(N(c2ccc(-c3cccc4ccccc34)cc2)c2ccccc2-c2cccc3oc4cc5ccccc5cc4c23)c1. The van der Waals surface area contributed by atoms with Gasteiger partial charge in [-0.05, 0) is 116 Å². The predicted molar refractivity (Wildman–Crippen MR) is 253 cm³/mol. The van der Waals surface area contributed by atoms with E-state index in [1.165, 1.54) is 64.0 Å². The molecule has 0 fully saturated rings. The molecule has 0 aliphatic rings. The van der Waals surface area contributed by atoms with Gasteiger partial charge in [0.1, 0.15) is 11.2 Å². The number of nitrogens with zero attached hydrogens (tertiary/aromatic N) is 1. The Hall–Kier alpha value is -7.46. The van der Waals surface area contributed by atoms with E-state index in [2.05, 4.69) is 217 Å². The van der Waals surface area contributed by atoms with Crippen molar-refractivity contribution in [2.24, 2.45) is 0 Å². The summed E-state index contributed by atoms with van der Waals surface area (Å²) in [5.74, 6) is 0. The van der Waals surface area contributed by atoms with Crippen LogP contribution < -0.4 is 4.90 Å². The van der Waals surface area contributed by atoms with E-state index in [9.17, 15) is 0 Å². The van der Waals surface area contributed by atoms with E-state index in [0.717, 1.165) is 50.1 Å². The van der Waals surface area contributed by atoms with Crippen molar-refractivity contribution in [3.05, 3.63) is 212 Å². The van der Waals surface area contributed by atoms with Gasteiger partial charge < -0.3 is 9.32 Å². The molecule has 3 heteroatoms. The van der Waals surface area contributed by atoms with Gasteiger partial charge in [-0.1, -0.05) is 146 Å². The summed E-state index contributed by atoms with van der Waals surface area (Å²) in [7, 11) is 0. The van der Waals surface area contributed by atoms with Crippen molar-refractivity contribution in [3.63, 3.8) is 0 Å². The van der Waals surface area contributed by atoms with Gasteiger partial charge in [-0.25, -0.2) is 0 Å². The Labute approximate surface area is 345 Å². The zero-order valence-electron chi connectivity index (χ0n) is 32.0. The number of hydrogen-bond donors (Lipinski definition) is 0. The summed E-state index contributed by atoms with van der Waals surface area (Å²) < 4.78 is 9.21. The highest BCUT2D eigenvalue weighted by atomic mass is 32.1. The van der Waals surface area contributed by atoms with Crippen LogP contribution in [-0.4, -0.2) is 0 Å². The molecule has 12 rings (SSSR count).